The van der Waals surface area contributed by atoms with E-state index in [1.54, 1.807) is 11.3 Å². The van der Waals surface area contributed by atoms with Crippen LogP contribution in [0.15, 0.2) is 16.8 Å². The van der Waals surface area contributed by atoms with Crippen LogP contribution in [0, 0.1) is 5.92 Å². The lowest BCUT2D eigenvalue weighted by Crippen LogP contribution is -2.40. The van der Waals surface area contributed by atoms with Gasteiger partial charge >= 0.3 is 12.1 Å². The van der Waals surface area contributed by atoms with Crippen LogP contribution in [0.4, 0.5) is 13.2 Å². The summed E-state index contributed by atoms with van der Waals surface area (Å²) in [6.07, 6.45) is 0.734. The number of halogens is 3. The molecule has 4 rings (SSSR count). The SMILES string of the molecule is O=C(Cc1ccsc1)N1CC[C@H]2[C@H]1CCN2CC1CC1.O=C(O)C(F)(F)F. The normalized spacial score (nSPS) is 25.1. The van der Waals surface area contributed by atoms with Crippen molar-refractivity contribution in [1.82, 2.24) is 9.80 Å². The summed E-state index contributed by atoms with van der Waals surface area (Å²) in [5.74, 6) is -1.46. The van der Waals surface area contributed by atoms with Crippen LogP contribution in [0.2, 0.25) is 0 Å². The van der Waals surface area contributed by atoms with Crippen molar-refractivity contribution < 1.29 is 27.9 Å². The number of hydrogen-bond acceptors (Lipinski definition) is 4. The van der Waals surface area contributed by atoms with Crippen molar-refractivity contribution in [3.05, 3.63) is 22.4 Å². The van der Waals surface area contributed by atoms with Crippen LogP contribution < -0.4 is 0 Å². The number of amides is 1. The predicted octanol–water partition coefficient (Wildman–Crippen LogP) is 3.01. The second-order valence-corrected chi connectivity index (χ2v) is 8.13. The van der Waals surface area contributed by atoms with Crippen LogP contribution in [0.5, 0.6) is 0 Å². The first-order valence-electron chi connectivity index (χ1n) is 9.10. The van der Waals surface area contributed by atoms with Crippen molar-refractivity contribution >= 4 is 23.2 Å². The van der Waals surface area contributed by atoms with Gasteiger partial charge in [-0.1, -0.05) is 0 Å². The zero-order valence-electron chi connectivity index (χ0n) is 14.8. The van der Waals surface area contributed by atoms with Gasteiger partial charge in [-0.05, 0) is 54.0 Å². The fourth-order valence-electron chi connectivity index (χ4n) is 3.91. The van der Waals surface area contributed by atoms with Crippen molar-refractivity contribution in [1.29, 1.82) is 0 Å². The molecule has 1 aliphatic carbocycles. The summed E-state index contributed by atoms with van der Waals surface area (Å²) in [5.41, 5.74) is 1.18. The van der Waals surface area contributed by atoms with Crippen molar-refractivity contribution in [3.8, 4) is 0 Å². The quantitative estimate of drug-likeness (QED) is 0.838. The number of carbonyl (C=O) groups excluding carboxylic acids is 1. The number of carboxylic acid groups (broad SMARTS) is 1. The molecule has 0 unspecified atom stereocenters. The molecular formula is C18H23F3N2O3S. The first-order valence-corrected chi connectivity index (χ1v) is 10.0. The molecule has 9 heteroatoms. The molecule has 0 bridgehead atoms. The van der Waals surface area contributed by atoms with Crippen LogP contribution >= 0.6 is 11.3 Å². The maximum atomic E-state index is 12.5. The average Bonchev–Trinajstić information content (AvgIpc) is 2.99. The molecule has 1 aromatic heterocycles. The van der Waals surface area contributed by atoms with Gasteiger partial charge in [0.25, 0.3) is 0 Å². The minimum atomic E-state index is -5.08. The fourth-order valence-corrected chi connectivity index (χ4v) is 4.58. The van der Waals surface area contributed by atoms with Gasteiger partial charge in [0.15, 0.2) is 0 Å². The summed E-state index contributed by atoms with van der Waals surface area (Å²) >= 11 is 1.68. The van der Waals surface area contributed by atoms with Crippen LogP contribution in [-0.4, -0.2) is 64.7 Å². The molecule has 1 aromatic rings. The van der Waals surface area contributed by atoms with Crippen LogP contribution in [0.1, 0.15) is 31.2 Å². The Morgan fingerprint density at radius 2 is 1.81 bits per heavy atom. The second kappa shape index (κ2) is 8.18. The molecule has 1 saturated carbocycles. The topological polar surface area (TPSA) is 60.9 Å². The number of nitrogens with zero attached hydrogens (tertiary/aromatic N) is 2. The van der Waals surface area contributed by atoms with Crippen molar-refractivity contribution in [3.63, 3.8) is 0 Å². The molecular weight excluding hydrogens is 381 g/mol. The van der Waals surface area contributed by atoms with Gasteiger partial charge in [-0.15, -0.1) is 0 Å². The minimum Gasteiger partial charge on any atom is -0.475 e. The van der Waals surface area contributed by atoms with E-state index in [9.17, 15) is 18.0 Å². The van der Waals surface area contributed by atoms with Gasteiger partial charge in [-0.3, -0.25) is 9.69 Å². The van der Waals surface area contributed by atoms with E-state index >= 15 is 0 Å². The van der Waals surface area contributed by atoms with Crippen molar-refractivity contribution in [2.45, 2.75) is 50.4 Å². The number of carbonyl (C=O) groups is 2. The monoisotopic (exact) mass is 404 g/mol. The molecule has 1 N–H and O–H groups in total. The van der Waals surface area contributed by atoms with Gasteiger partial charge in [-0.2, -0.15) is 24.5 Å². The highest BCUT2D eigenvalue weighted by Crippen LogP contribution is 2.37. The number of carboxylic acids is 1. The third-order valence-corrected chi connectivity index (χ3v) is 6.11. The molecule has 2 aliphatic heterocycles. The van der Waals surface area contributed by atoms with E-state index in [-0.39, 0.29) is 0 Å². The number of alkyl halides is 3. The standard InChI is InChI=1S/C16H22N2OS.C2HF3O2/c19-16(9-13-5-8-20-11-13)18-7-4-14-15(18)3-6-17(14)10-12-1-2-12;3-2(4,5)1(6)7/h5,8,11-12,14-15H,1-4,6-7,9-10H2;(H,6,7)/t14-,15+;/m0./s1. The Morgan fingerprint density at radius 3 is 2.37 bits per heavy atom. The fraction of sp³-hybridized carbons (Fsp3) is 0.667. The summed E-state index contributed by atoms with van der Waals surface area (Å²) < 4.78 is 31.7. The molecule has 0 radical (unpaired) electrons. The highest BCUT2D eigenvalue weighted by atomic mass is 32.1. The Kier molecular flexibility index (Phi) is 6.10. The van der Waals surface area contributed by atoms with Gasteiger partial charge in [-0.25, -0.2) is 4.79 Å². The highest BCUT2D eigenvalue weighted by molar-refractivity contribution is 7.08. The molecule has 150 valence electrons. The average molecular weight is 404 g/mol. The Bertz CT molecular complexity index is 661. The molecule has 3 heterocycles. The Hall–Kier alpha value is -1.61. The first-order chi connectivity index (χ1) is 12.8. The van der Waals surface area contributed by atoms with E-state index in [0.717, 1.165) is 12.5 Å². The van der Waals surface area contributed by atoms with Crippen LogP contribution in [0.25, 0.3) is 0 Å². The van der Waals surface area contributed by atoms with Gasteiger partial charge in [0, 0.05) is 31.7 Å². The second-order valence-electron chi connectivity index (χ2n) is 7.35. The zero-order chi connectivity index (χ0) is 19.6. The van der Waals surface area contributed by atoms with Gasteiger partial charge in [0.05, 0.1) is 6.42 Å². The van der Waals surface area contributed by atoms with Crippen LogP contribution in [-0.2, 0) is 16.0 Å². The van der Waals surface area contributed by atoms with Crippen LogP contribution in [0.3, 0.4) is 0 Å². The van der Waals surface area contributed by atoms with Gasteiger partial charge < -0.3 is 10.0 Å². The molecule has 5 nitrogen and oxygen atoms in total. The Labute approximate surface area is 159 Å². The molecule has 2 atom stereocenters. The number of likely N-dealkylation sites (tertiary alicyclic amines) is 2. The smallest absolute Gasteiger partial charge is 0.475 e. The highest BCUT2D eigenvalue weighted by Gasteiger charge is 2.45. The van der Waals surface area contributed by atoms with E-state index in [1.807, 2.05) is 0 Å². The third-order valence-electron chi connectivity index (χ3n) is 5.38. The molecule has 3 aliphatic rings. The first kappa shape index (κ1) is 20.1. The Balaban J connectivity index is 0.000000260. The van der Waals surface area contributed by atoms with E-state index in [4.69, 9.17) is 9.90 Å². The lowest BCUT2D eigenvalue weighted by atomic mass is 10.1. The molecule has 0 aromatic carbocycles. The molecule has 27 heavy (non-hydrogen) atoms. The maximum Gasteiger partial charge on any atom is 0.490 e. The van der Waals surface area contributed by atoms with E-state index in [1.165, 1.54) is 44.3 Å². The number of rotatable bonds is 4. The molecule has 3 fully saturated rings. The number of thiophene rings is 1. The van der Waals surface area contributed by atoms with E-state index in [0.29, 0.717) is 24.4 Å². The van der Waals surface area contributed by atoms with E-state index in [2.05, 4.69) is 26.6 Å². The minimum absolute atomic E-state index is 0.337. The number of fused-ring (bicyclic) bond motifs is 1. The molecule has 2 saturated heterocycles. The molecule has 1 amide bonds. The number of aliphatic carboxylic acids is 1. The lowest BCUT2D eigenvalue weighted by molar-refractivity contribution is -0.192. The molecule has 0 spiro atoms. The predicted molar refractivity (Wildman–Crippen MR) is 94.5 cm³/mol. The Morgan fingerprint density at radius 1 is 1.15 bits per heavy atom. The van der Waals surface area contributed by atoms with Gasteiger partial charge in [0.2, 0.25) is 5.91 Å². The summed E-state index contributed by atoms with van der Waals surface area (Å²) in [7, 11) is 0. The lowest BCUT2D eigenvalue weighted by Gasteiger charge is -2.25. The van der Waals surface area contributed by atoms with Crippen molar-refractivity contribution in [2.24, 2.45) is 5.92 Å². The number of hydrogen-bond donors (Lipinski definition) is 1. The van der Waals surface area contributed by atoms with E-state index < -0.39 is 12.1 Å². The van der Waals surface area contributed by atoms with Crippen molar-refractivity contribution in [2.75, 3.05) is 19.6 Å². The summed E-state index contributed by atoms with van der Waals surface area (Å²) in [4.78, 5) is 26.2. The summed E-state index contributed by atoms with van der Waals surface area (Å²) in [6, 6.07) is 3.23. The zero-order valence-corrected chi connectivity index (χ0v) is 15.6. The summed E-state index contributed by atoms with van der Waals surface area (Å²) in [5, 5.41) is 11.3. The summed E-state index contributed by atoms with van der Waals surface area (Å²) in [6.45, 7) is 3.46. The third kappa shape index (κ3) is 5.22. The van der Waals surface area contributed by atoms with Gasteiger partial charge in [0.1, 0.15) is 0 Å². The largest absolute Gasteiger partial charge is 0.490 e. The maximum absolute atomic E-state index is 12.5.